The molecule has 0 radical (unpaired) electrons. The Balaban J connectivity index is 1.44. The number of quaternary nitrogens is 1. The van der Waals surface area contributed by atoms with Crippen molar-refractivity contribution in [2.75, 3.05) is 19.0 Å². The predicted molar refractivity (Wildman–Crippen MR) is 177 cm³/mol. The number of hydrogen-bond acceptors (Lipinski definition) is 3. The molecule has 1 saturated carbocycles. The molecule has 0 amide bonds. The van der Waals surface area contributed by atoms with Crippen LogP contribution in [0.15, 0.2) is 135 Å². The molecule has 1 atom stereocenters. The molecule has 1 aliphatic carbocycles. The molecule has 2 heterocycles. The van der Waals surface area contributed by atoms with Crippen molar-refractivity contribution in [2.45, 2.75) is 56.3 Å². The summed E-state index contributed by atoms with van der Waals surface area (Å²) in [7, 11) is 0.384. The quantitative estimate of drug-likeness (QED) is 0.364. The summed E-state index contributed by atoms with van der Waals surface area (Å²) in [5.74, 6) is 0. The molecule has 5 nitrogen and oxygen atoms in total. The highest BCUT2D eigenvalue weighted by atomic mass is 32.2. The van der Waals surface area contributed by atoms with E-state index in [1.54, 1.807) is 24.3 Å². The topological polar surface area (TPSA) is 54.2 Å². The first kappa shape index (κ1) is 29.1. The SMILES string of the molecule is CN1/C(=C/C=C2CCC(=C/C=C3/[NH+](C)c4ccccc4C3(C)C)C\2=N\S(=O)(=O)c2ccccc2)C(C)(C)c2ccccc21. The van der Waals surface area contributed by atoms with E-state index in [4.69, 9.17) is 0 Å². The molecule has 1 fully saturated rings. The molecular formula is C37H40N3O2S+. The second kappa shape index (κ2) is 10.6. The molecule has 6 heteroatoms. The van der Waals surface area contributed by atoms with E-state index in [1.807, 2.05) is 6.07 Å². The minimum Gasteiger partial charge on any atom is -0.347 e. The van der Waals surface area contributed by atoms with Gasteiger partial charge in [-0.1, -0.05) is 80.6 Å². The van der Waals surface area contributed by atoms with E-state index in [0.29, 0.717) is 5.71 Å². The van der Waals surface area contributed by atoms with Gasteiger partial charge in [0.25, 0.3) is 10.0 Å². The molecule has 0 saturated heterocycles. The van der Waals surface area contributed by atoms with Gasteiger partial charge in [0.2, 0.25) is 0 Å². The number of benzene rings is 3. The molecule has 3 aromatic rings. The van der Waals surface area contributed by atoms with Crippen LogP contribution in [0.5, 0.6) is 0 Å². The molecule has 0 bridgehead atoms. The van der Waals surface area contributed by atoms with Gasteiger partial charge >= 0.3 is 0 Å². The maximum absolute atomic E-state index is 13.5. The Hall–Kier alpha value is -4.00. The Morgan fingerprint density at radius 3 is 1.98 bits per heavy atom. The number of allylic oxidation sites excluding steroid dienone is 8. The second-order valence-corrected chi connectivity index (χ2v) is 14.3. The molecule has 1 N–H and O–H groups in total. The van der Waals surface area contributed by atoms with Gasteiger partial charge < -0.3 is 4.90 Å². The van der Waals surface area contributed by atoms with Crippen LogP contribution in [0.1, 0.15) is 51.7 Å². The lowest BCUT2D eigenvalue weighted by atomic mass is 9.83. The highest BCUT2D eigenvalue weighted by molar-refractivity contribution is 7.90. The van der Waals surface area contributed by atoms with Gasteiger partial charge in [0.1, 0.15) is 11.4 Å². The fraction of sp³-hybridized carbons (Fsp3) is 0.270. The van der Waals surface area contributed by atoms with Gasteiger partial charge in [-0.3, -0.25) is 4.90 Å². The Morgan fingerprint density at radius 2 is 1.33 bits per heavy atom. The zero-order chi connectivity index (χ0) is 30.6. The summed E-state index contributed by atoms with van der Waals surface area (Å²) >= 11 is 0. The van der Waals surface area contributed by atoms with Crippen LogP contribution >= 0.6 is 0 Å². The molecule has 3 aliphatic rings. The van der Waals surface area contributed by atoms with Crippen LogP contribution in [0.4, 0.5) is 11.4 Å². The van der Waals surface area contributed by atoms with Gasteiger partial charge in [-0.05, 0) is 79.8 Å². The average molecular weight is 591 g/mol. The number of sulfonamides is 1. The lowest BCUT2D eigenvalue weighted by Crippen LogP contribution is -3.01. The van der Waals surface area contributed by atoms with Crippen LogP contribution in [0.3, 0.4) is 0 Å². The Labute approximate surface area is 256 Å². The van der Waals surface area contributed by atoms with Crippen LogP contribution in [0, 0.1) is 0 Å². The van der Waals surface area contributed by atoms with Gasteiger partial charge in [-0.2, -0.15) is 12.8 Å². The van der Waals surface area contributed by atoms with E-state index in [1.165, 1.54) is 38.8 Å². The first-order valence-electron chi connectivity index (χ1n) is 14.9. The number of rotatable bonds is 4. The van der Waals surface area contributed by atoms with E-state index in [2.05, 4.69) is 124 Å². The summed E-state index contributed by atoms with van der Waals surface area (Å²) in [6.45, 7) is 8.99. The third-order valence-corrected chi connectivity index (χ3v) is 10.7. The van der Waals surface area contributed by atoms with Crippen molar-refractivity contribution in [1.29, 1.82) is 0 Å². The van der Waals surface area contributed by atoms with Crippen molar-refractivity contribution >= 4 is 27.1 Å². The number of nitrogens with one attached hydrogen (secondary N) is 1. The predicted octanol–water partition coefficient (Wildman–Crippen LogP) is 6.80. The van der Waals surface area contributed by atoms with Crippen LogP contribution in [-0.4, -0.2) is 28.2 Å². The molecule has 3 aromatic carbocycles. The van der Waals surface area contributed by atoms with Gasteiger partial charge in [-0.15, -0.1) is 0 Å². The van der Waals surface area contributed by atoms with Crippen LogP contribution in [0.25, 0.3) is 0 Å². The Morgan fingerprint density at radius 1 is 0.744 bits per heavy atom. The third kappa shape index (κ3) is 4.92. The molecule has 1 unspecified atom stereocenters. The summed E-state index contributed by atoms with van der Waals surface area (Å²) in [5, 5.41) is 0. The van der Waals surface area contributed by atoms with E-state index in [9.17, 15) is 8.42 Å². The largest absolute Gasteiger partial charge is 0.347 e. The van der Waals surface area contributed by atoms with Gasteiger partial charge in [0.15, 0.2) is 0 Å². The van der Waals surface area contributed by atoms with E-state index >= 15 is 0 Å². The summed E-state index contributed by atoms with van der Waals surface area (Å²) < 4.78 is 31.5. The molecule has 43 heavy (non-hydrogen) atoms. The number of para-hydroxylation sites is 2. The highest BCUT2D eigenvalue weighted by Crippen LogP contribution is 2.47. The standard InChI is InChI=1S/C37H39N3O2S/c1-36(2)29-16-10-12-18-31(29)39(5)33(36)24-22-26-20-21-27(35(26)38-43(41,42)28-14-8-7-9-15-28)23-25-34-37(3,4)30-17-11-13-19-32(30)40(34)6/h7-19,22-25H,20-21H2,1-6H3/p+1/b26-22+,27-23?,33-24+,34-25+,38-35+. The second-order valence-electron chi connectivity index (χ2n) is 12.7. The molecule has 0 aromatic heterocycles. The monoisotopic (exact) mass is 590 g/mol. The van der Waals surface area contributed by atoms with Crippen molar-refractivity contribution in [2.24, 2.45) is 4.40 Å². The van der Waals surface area contributed by atoms with Gasteiger partial charge in [0, 0.05) is 29.4 Å². The summed E-state index contributed by atoms with van der Waals surface area (Å²) in [6, 6.07) is 25.6. The van der Waals surface area contributed by atoms with E-state index in [0.717, 1.165) is 24.0 Å². The number of likely N-dealkylation sites (N-methyl/N-ethyl adjacent to an activating group) is 2. The van der Waals surface area contributed by atoms with Crippen molar-refractivity contribution in [1.82, 2.24) is 0 Å². The van der Waals surface area contributed by atoms with Crippen molar-refractivity contribution < 1.29 is 13.3 Å². The van der Waals surface area contributed by atoms with Gasteiger partial charge in [-0.25, -0.2) is 0 Å². The fourth-order valence-corrected chi connectivity index (χ4v) is 8.11. The smallest absolute Gasteiger partial charge is 0.282 e. The molecule has 6 rings (SSSR count). The maximum Gasteiger partial charge on any atom is 0.282 e. The zero-order valence-corrected chi connectivity index (χ0v) is 26.7. The summed E-state index contributed by atoms with van der Waals surface area (Å²) in [4.78, 5) is 3.70. The molecular weight excluding hydrogens is 550 g/mol. The Kier molecular flexibility index (Phi) is 7.18. The van der Waals surface area contributed by atoms with E-state index in [-0.39, 0.29) is 15.7 Å². The van der Waals surface area contributed by atoms with Crippen molar-refractivity contribution in [3.05, 3.63) is 137 Å². The van der Waals surface area contributed by atoms with Gasteiger partial charge in [0.05, 0.1) is 23.1 Å². The van der Waals surface area contributed by atoms with Crippen LogP contribution in [0.2, 0.25) is 0 Å². The lowest BCUT2D eigenvalue weighted by molar-refractivity contribution is -0.764. The number of nitrogens with zero attached hydrogens (tertiary/aromatic N) is 2. The number of fused-ring (bicyclic) bond motifs is 2. The molecule has 2 aliphatic heterocycles. The lowest BCUT2D eigenvalue weighted by Gasteiger charge is -2.23. The molecule has 0 spiro atoms. The average Bonchev–Trinajstić information content (AvgIpc) is 3.52. The normalized spacial score (nSPS) is 25.3. The molecule has 220 valence electrons. The number of anilines is 1. The zero-order valence-electron chi connectivity index (χ0n) is 25.8. The van der Waals surface area contributed by atoms with Crippen molar-refractivity contribution in [3.8, 4) is 0 Å². The van der Waals surface area contributed by atoms with Crippen molar-refractivity contribution in [3.63, 3.8) is 0 Å². The first-order valence-corrected chi connectivity index (χ1v) is 16.4. The van der Waals surface area contributed by atoms with E-state index < -0.39 is 10.0 Å². The summed E-state index contributed by atoms with van der Waals surface area (Å²) in [6.07, 6.45) is 9.97. The summed E-state index contributed by atoms with van der Waals surface area (Å²) in [5.41, 5.74) is 9.62. The minimum atomic E-state index is -3.89. The third-order valence-electron chi connectivity index (χ3n) is 9.44. The van der Waals surface area contributed by atoms with Crippen LogP contribution < -0.4 is 9.80 Å². The number of hydrogen-bond donors (Lipinski definition) is 1. The first-order chi connectivity index (χ1) is 20.4. The van der Waals surface area contributed by atoms with Crippen LogP contribution in [-0.2, 0) is 20.9 Å². The Bertz CT molecular complexity index is 1760. The minimum absolute atomic E-state index is 0.138. The fourth-order valence-electron chi connectivity index (χ4n) is 7.03. The highest BCUT2D eigenvalue weighted by Gasteiger charge is 2.43. The maximum atomic E-state index is 13.5.